The summed E-state index contributed by atoms with van der Waals surface area (Å²) in [6.45, 7) is 0.463. The van der Waals surface area contributed by atoms with E-state index in [-0.39, 0.29) is 12.3 Å². The van der Waals surface area contributed by atoms with Crippen molar-refractivity contribution in [2.24, 2.45) is 0 Å². The van der Waals surface area contributed by atoms with Crippen molar-refractivity contribution in [2.45, 2.75) is 13.0 Å². The number of benzene rings is 2. The van der Waals surface area contributed by atoms with Gasteiger partial charge in [0.1, 0.15) is 0 Å². The predicted molar refractivity (Wildman–Crippen MR) is 88.0 cm³/mol. The van der Waals surface area contributed by atoms with Crippen LogP contribution >= 0.6 is 0 Å². The van der Waals surface area contributed by atoms with E-state index in [9.17, 15) is 9.59 Å². The van der Waals surface area contributed by atoms with Crippen LogP contribution in [0.5, 0.6) is 0 Å². The van der Waals surface area contributed by atoms with Crippen LogP contribution in [0.15, 0.2) is 60.9 Å². The first-order valence-corrected chi connectivity index (χ1v) is 7.28. The van der Waals surface area contributed by atoms with Crippen LogP contribution in [-0.2, 0) is 11.3 Å². The average molecular weight is 308 g/mol. The lowest BCUT2D eigenvalue weighted by Crippen LogP contribution is -2.34. The zero-order chi connectivity index (χ0) is 16.1. The van der Waals surface area contributed by atoms with Gasteiger partial charge < -0.3 is 9.88 Å². The average Bonchev–Trinajstić information content (AvgIpc) is 2.97. The normalized spacial score (nSPS) is 10.4. The van der Waals surface area contributed by atoms with Crippen LogP contribution in [0, 0.1) is 0 Å². The van der Waals surface area contributed by atoms with Crippen LogP contribution in [-0.4, -0.2) is 21.5 Å². The summed E-state index contributed by atoms with van der Waals surface area (Å²) < 4.78 is 1.89. The molecule has 2 N–H and O–H groups in total. The largest absolute Gasteiger partial charge is 0.330 e. The van der Waals surface area contributed by atoms with Crippen molar-refractivity contribution < 1.29 is 9.59 Å². The van der Waals surface area contributed by atoms with Crippen molar-refractivity contribution in [1.82, 2.24) is 14.9 Å². The number of rotatable bonds is 4. The molecule has 0 saturated heterocycles. The summed E-state index contributed by atoms with van der Waals surface area (Å²) >= 11 is 0. The van der Waals surface area contributed by atoms with Crippen LogP contribution in [0.2, 0.25) is 0 Å². The van der Waals surface area contributed by atoms with Gasteiger partial charge in [-0.3, -0.25) is 10.1 Å². The maximum atomic E-state index is 11.9. The smallest absolute Gasteiger partial charge is 0.325 e. The van der Waals surface area contributed by atoms with Gasteiger partial charge in [0.2, 0.25) is 5.91 Å². The quantitative estimate of drug-likeness (QED) is 0.778. The minimum absolute atomic E-state index is 0.197. The molecule has 116 valence electrons. The van der Waals surface area contributed by atoms with Crippen LogP contribution in [0.25, 0.3) is 11.0 Å². The molecular weight excluding hydrogens is 292 g/mol. The molecule has 0 aliphatic heterocycles. The fraction of sp³-hybridized carbons (Fsp3) is 0.118. The van der Waals surface area contributed by atoms with E-state index >= 15 is 0 Å². The second-order valence-electron chi connectivity index (χ2n) is 5.05. The number of hydrogen-bond acceptors (Lipinski definition) is 3. The Kier molecular flexibility index (Phi) is 4.33. The SMILES string of the molecule is O=C(CCn1cnc2ccccc21)NC(=O)Nc1ccccc1. The molecule has 3 aromatic rings. The standard InChI is InChI=1S/C17H16N4O2/c22-16(20-17(23)19-13-6-2-1-3-7-13)10-11-21-12-18-14-8-4-5-9-15(14)21/h1-9,12H,10-11H2,(H2,19,20,22,23). The molecule has 1 heterocycles. The molecule has 6 nitrogen and oxygen atoms in total. The van der Waals surface area contributed by atoms with Gasteiger partial charge >= 0.3 is 6.03 Å². The van der Waals surface area contributed by atoms with E-state index in [1.54, 1.807) is 18.5 Å². The number of urea groups is 1. The highest BCUT2D eigenvalue weighted by Crippen LogP contribution is 2.12. The van der Waals surface area contributed by atoms with E-state index in [1.165, 1.54) is 0 Å². The molecular formula is C17H16N4O2. The molecule has 3 amide bonds. The van der Waals surface area contributed by atoms with Crippen molar-refractivity contribution in [2.75, 3.05) is 5.32 Å². The lowest BCUT2D eigenvalue weighted by atomic mass is 10.3. The number of anilines is 1. The number of imide groups is 1. The van der Waals surface area contributed by atoms with E-state index in [0.29, 0.717) is 12.2 Å². The first kappa shape index (κ1) is 14.8. The first-order valence-electron chi connectivity index (χ1n) is 7.28. The Morgan fingerprint density at radius 2 is 1.74 bits per heavy atom. The first-order chi connectivity index (χ1) is 11.2. The summed E-state index contributed by atoms with van der Waals surface area (Å²) in [6.07, 6.45) is 1.89. The molecule has 0 saturated carbocycles. The summed E-state index contributed by atoms with van der Waals surface area (Å²) in [5.41, 5.74) is 2.49. The van der Waals surface area contributed by atoms with Gasteiger partial charge in [-0.05, 0) is 24.3 Å². The Balaban J connectivity index is 1.52. The Morgan fingerprint density at radius 3 is 2.57 bits per heavy atom. The van der Waals surface area contributed by atoms with Crippen molar-refractivity contribution in [3.8, 4) is 0 Å². The Labute approximate surface area is 133 Å². The summed E-state index contributed by atoms with van der Waals surface area (Å²) in [5.74, 6) is -0.337. The zero-order valence-corrected chi connectivity index (χ0v) is 12.4. The monoisotopic (exact) mass is 308 g/mol. The second-order valence-corrected chi connectivity index (χ2v) is 5.05. The van der Waals surface area contributed by atoms with Gasteiger partial charge in [0, 0.05) is 18.7 Å². The lowest BCUT2D eigenvalue weighted by Gasteiger charge is -2.07. The van der Waals surface area contributed by atoms with E-state index in [0.717, 1.165) is 11.0 Å². The predicted octanol–water partition coefficient (Wildman–Crippen LogP) is 2.77. The molecule has 0 fully saturated rings. The molecule has 0 bridgehead atoms. The molecule has 0 aliphatic carbocycles. The summed E-state index contributed by atoms with van der Waals surface area (Å²) in [4.78, 5) is 27.9. The number of fused-ring (bicyclic) bond motifs is 1. The number of carbonyl (C=O) groups excluding carboxylic acids is 2. The van der Waals surface area contributed by atoms with Gasteiger partial charge in [-0.1, -0.05) is 30.3 Å². The molecule has 0 atom stereocenters. The highest BCUT2D eigenvalue weighted by Gasteiger charge is 2.09. The molecule has 2 aromatic carbocycles. The summed E-state index contributed by atoms with van der Waals surface area (Å²) in [7, 11) is 0. The zero-order valence-electron chi connectivity index (χ0n) is 12.4. The third-order valence-corrected chi connectivity index (χ3v) is 3.39. The Bertz CT molecular complexity index is 827. The number of para-hydroxylation sites is 3. The van der Waals surface area contributed by atoms with Gasteiger partial charge in [0.15, 0.2) is 0 Å². The molecule has 0 unspecified atom stereocenters. The van der Waals surface area contributed by atoms with Gasteiger partial charge in [0.25, 0.3) is 0 Å². The third-order valence-electron chi connectivity index (χ3n) is 3.39. The number of amides is 3. The maximum absolute atomic E-state index is 11.9. The Hall–Kier alpha value is -3.15. The molecule has 23 heavy (non-hydrogen) atoms. The lowest BCUT2D eigenvalue weighted by molar-refractivity contribution is -0.120. The van der Waals surface area contributed by atoms with E-state index < -0.39 is 6.03 Å². The van der Waals surface area contributed by atoms with Crippen LogP contribution in [0.3, 0.4) is 0 Å². The van der Waals surface area contributed by atoms with Crippen LogP contribution in [0.4, 0.5) is 10.5 Å². The van der Waals surface area contributed by atoms with Crippen molar-refractivity contribution in [1.29, 1.82) is 0 Å². The fourth-order valence-electron chi connectivity index (χ4n) is 2.28. The van der Waals surface area contributed by atoms with E-state index in [4.69, 9.17) is 0 Å². The van der Waals surface area contributed by atoms with Crippen molar-refractivity contribution in [3.63, 3.8) is 0 Å². The Morgan fingerprint density at radius 1 is 1.00 bits per heavy atom. The highest BCUT2D eigenvalue weighted by molar-refractivity contribution is 6.01. The van der Waals surface area contributed by atoms with E-state index in [2.05, 4.69) is 15.6 Å². The number of aromatic nitrogens is 2. The second kappa shape index (κ2) is 6.74. The number of carbonyl (C=O) groups is 2. The van der Waals surface area contributed by atoms with Crippen molar-refractivity contribution in [3.05, 3.63) is 60.9 Å². The molecule has 6 heteroatoms. The molecule has 3 rings (SSSR count). The van der Waals surface area contributed by atoms with Crippen LogP contribution < -0.4 is 10.6 Å². The maximum Gasteiger partial charge on any atom is 0.325 e. The molecule has 0 spiro atoms. The number of nitrogens with one attached hydrogen (secondary N) is 2. The van der Waals surface area contributed by atoms with Gasteiger partial charge in [0.05, 0.1) is 17.4 Å². The minimum atomic E-state index is -0.531. The van der Waals surface area contributed by atoms with Gasteiger partial charge in [-0.15, -0.1) is 0 Å². The molecule has 0 radical (unpaired) electrons. The number of aryl methyl sites for hydroxylation is 1. The van der Waals surface area contributed by atoms with E-state index in [1.807, 2.05) is 47.0 Å². The summed E-state index contributed by atoms with van der Waals surface area (Å²) in [6, 6.07) is 16.1. The fourth-order valence-corrected chi connectivity index (χ4v) is 2.28. The van der Waals surface area contributed by atoms with Crippen LogP contribution in [0.1, 0.15) is 6.42 Å². The number of imidazole rings is 1. The minimum Gasteiger partial charge on any atom is -0.330 e. The summed E-state index contributed by atoms with van der Waals surface area (Å²) in [5, 5.41) is 4.92. The molecule has 1 aromatic heterocycles. The van der Waals surface area contributed by atoms with Gasteiger partial charge in [-0.2, -0.15) is 0 Å². The molecule has 0 aliphatic rings. The topological polar surface area (TPSA) is 76.0 Å². The highest BCUT2D eigenvalue weighted by atomic mass is 16.2. The third kappa shape index (κ3) is 3.74. The van der Waals surface area contributed by atoms with Gasteiger partial charge in [-0.25, -0.2) is 9.78 Å². The number of hydrogen-bond donors (Lipinski definition) is 2. The van der Waals surface area contributed by atoms with Crippen molar-refractivity contribution >= 4 is 28.7 Å². The number of nitrogens with zero attached hydrogens (tertiary/aromatic N) is 2.